The molecular formula is C22H26N4O3. The predicted octanol–water partition coefficient (Wildman–Crippen LogP) is 3.47. The third-order valence-corrected chi connectivity index (χ3v) is 4.86. The highest BCUT2D eigenvalue weighted by atomic mass is 16.5. The van der Waals surface area contributed by atoms with Gasteiger partial charge in [-0.3, -0.25) is 9.59 Å². The van der Waals surface area contributed by atoms with Gasteiger partial charge in [-0.25, -0.2) is 9.50 Å². The van der Waals surface area contributed by atoms with Crippen LogP contribution < -0.4 is 5.32 Å². The van der Waals surface area contributed by atoms with Gasteiger partial charge in [-0.05, 0) is 58.7 Å². The second-order valence-corrected chi connectivity index (χ2v) is 7.30. The Bertz CT molecular complexity index is 1050. The fourth-order valence-electron chi connectivity index (χ4n) is 3.22. The molecule has 1 N–H and O–H groups in total. The Morgan fingerprint density at radius 2 is 1.83 bits per heavy atom. The van der Waals surface area contributed by atoms with Gasteiger partial charge < -0.3 is 10.1 Å². The third-order valence-electron chi connectivity index (χ3n) is 4.86. The van der Waals surface area contributed by atoms with Crippen LogP contribution in [0.5, 0.6) is 0 Å². The Morgan fingerprint density at radius 3 is 2.52 bits per heavy atom. The monoisotopic (exact) mass is 394 g/mol. The molecule has 0 saturated heterocycles. The predicted molar refractivity (Wildman–Crippen MR) is 111 cm³/mol. The molecule has 0 fully saturated rings. The maximum atomic E-state index is 12.3. The lowest BCUT2D eigenvalue weighted by atomic mass is 10.1. The molecule has 3 aromatic rings. The summed E-state index contributed by atoms with van der Waals surface area (Å²) >= 11 is 0. The molecule has 1 atom stereocenters. The first-order valence-electron chi connectivity index (χ1n) is 9.64. The normalized spacial score (nSPS) is 12.0. The van der Waals surface area contributed by atoms with Gasteiger partial charge in [0.2, 0.25) is 0 Å². The van der Waals surface area contributed by atoms with Crippen LogP contribution in [0.4, 0.5) is 5.69 Å². The molecule has 0 radical (unpaired) electrons. The van der Waals surface area contributed by atoms with Crippen LogP contribution in [0.15, 0.2) is 30.3 Å². The van der Waals surface area contributed by atoms with E-state index in [1.165, 1.54) is 0 Å². The van der Waals surface area contributed by atoms with E-state index in [0.29, 0.717) is 12.1 Å². The van der Waals surface area contributed by atoms with Gasteiger partial charge in [0.25, 0.3) is 5.91 Å². The van der Waals surface area contributed by atoms with Crippen LogP contribution in [0.3, 0.4) is 0 Å². The highest BCUT2D eigenvalue weighted by Gasteiger charge is 2.19. The lowest BCUT2D eigenvalue weighted by Crippen LogP contribution is -2.30. The number of fused-ring (bicyclic) bond motifs is 1. The Morgan fingerprint density at radius 1 is 1.14 bits per heavy atom. The molecule has 0 bridgehead atoms. The standard InChI is InChI=1S/C22H26N4O3/c1-13-6-8-18(9-7-13)24-22(28)17(5)29-21(27)11-10-19-15(3)23-20-12-14(2)25-26(20)16(19)4/h6-9,12,17H,10-11H2,1-5H3,(H,24,28)/t17-/m1/s1. The highest BCUT2D eigenvalue weighted by molar-refractivity contribution is 5.95. The Labute approximate surface area is 170 Å². The minimum atomic E-state index is -0.875. The summed E-state index contributed by atoms with van der Waals surface area (Å²) in [6.07, 6.45) is -0.234. The number of aryl methyl sites for hydroxylation is 4. The molecule has 0 saturated carbocycles. The van der Waals surface area contributed by atoms with Gasteiger partial charge >= 0.3 is 5.97 Å². The molecule has 2 heterocycles. The fourth-order valence-corrected chi connectivity index (χ4v) is 3.22. The summed E-state index contributed by atoms with van der Waals surface area (Å²) in [6, 6.07) is 9.36. The van der Waals surface area contributed by atoms with E-state index in [1.807, 2.05) is 58.0 Å². The van der Waals surface area contributed by atoms with Crippen molar-refractivity contribution in [1.82, 2.24) is 14.6 Å². The second kappa shape index (κ2) is 8.43. The van der Waals surface area contributed by atoms with Crippen molar-refractivity contribution < 1.29 is 14.3 Å². The van der Waals surface area contributed by atoms with E-state index in [4.69, 9.17) is 4.74 Å². The zero-order chi connectivity index (χ0) is 21.1. The third kappa shape index (κ3) is 4.80. The zero-order valence-corrected chi connectivity index (χ0v) is 17.4. The first-order chi connectivity index (χ1) is 13.7. The molecule has 1 aromatic carbocycles. The lowest BCUT2D eigenvalue weighted by Gasteiger charge is -2.14. The van der Waals surface area contributed by atoms with Gasteiger partial charge in [-0.15, -0.1) is 0 Å². The average Bonchev–Trinajstić information content (AvgIpc) is 3.03. The molecule has 0 unspecified atom stereocenters. The maximum absolute atomic E-state index is 12.3. The molecule has 0 aliphatic carbocycles. The SMILES string of the molecule is Cc1ccc(NC(=O)[C@@H](C)OC(=O)CCc2c(C)nc3cc(C)nn3c2C)cc1. The van der Waals surface area contributed by atoms with Crippen molar-refractivity contribution in [3.05, 3.63) is 58.5 Å². The van der Waals surface area contributed by atoms with Crippen molar-refractivity contribution in [2.75, 3.05) is 5.32 Å². The summed E-state index contributed by atoms with van der Waals surface area (Å²) in [7, 11) is 0. The number of hydrogen-bond acceptors (Lipinski definition) is 5. The minimum absolute atomic E-state index is 0.164. The number of nitrogens with one attached hydrogen (secondary N) is 1. The van der Waals surface area contributed by atoms with Crippen LogP contribution >= 0.6 is 0 Å². The van der Waals surface area contributed by atoms with Gasteiger partial charge in [-0.2, -0.15) is 5.10 Å². The van der Waals surface area contributed by atoms with Crippen molar-refractivity contribution in [2.24, 2.45) is 0 Å². The Hall–Kier alpha value is -3.22. The Balaban J connectivity index is 1.58. The fraction of sp³-hybridized carbons (Fsp3) is 0.364. The Kier molecular flexibility index (Phi) is 5.96. The van der Waals surface area contributed by atoms with E-state index >= 15 is 0 Å². The number of carbonyl (C=O) groups excluding carboxylic acids is 2. The van der Waals surface area contributed by atoms with Crippen molar-refractivity contribution in [2.45, 2.75) is 53.6 Å². The van der Waals surface area contributed by atoms with Gasteiger partial charge in [-0.1, -0.05) is 17.7 Å². The van der Waals surface area contributed by atoms with E-state index in [9.17, 15) is 9.59 Å². The summed E-state index contributed by atoms with van der Waals surface area (Å²) in [5, 5.41) is 7.19. The van der Waals surface area contributed by atoms with E-state index in [2.05, 4.69) is 15.4 Å². The first kappa shape index (κ1) is 20.5. The van der Waals surface area contributed by atoms with E-state index in [0.717, 1.165) is 33.9 Å². The number of rotatable bonds is 6. The zero-order valence-electron chi connectivity index (χ0n) is 17.4. The van der Waals surface area contributed by atoms with E-state index < -0.39 is 12.1 Å². The second-order valence-electron chi connectivity index (χ2n) is 7.30. The molecule has 7 heteroatoms. The largest absolute Gasteiger partial charge is 0.453 e. The van der Waals surface area contributed by atoms with Gasteiger partial charge in [0.05, 0.1) is 5.69 Å². The van der Waals surface area contributed by atoms with Crippen molar-refractivity contribution in [3.8, 4) is 0 Å². The topological polar surface area (TPSA) is 85.6 Å². The minimum Gasteiger partial charge on any atom is -0.453 e. The van der Waals surface area contributed by atoms with Crippen LogP contribution in [0.25, 0.3) is 5.65 Å². The van der Waals surface area contributed by atoms with Crippen molar-refractivity contribution in [1.29, 1.82) is 0 Å². The van der Waals surface area contributed by atoms with Crippen LogP contribution in [-0.2, 0) is 20.7 Å². The van der Waals surface area contributed by atoms with E-state index in [1.54, 1.807) is 11.4 Å². The summed E-state index contributed by atoms with van der Waals surface area (Å²) < 4.78 is 7.10. The number of aromatic nitrogens is 3. The molecule has 1 amide bonds. The molecule has 0 aliphatic rings. The summed E-state index contributed by atoms with van der Waals surface area (Å²) in [4.78, 5) is 29.1. The molecule has 152 valence electrons. The molecule has 7 nitrogen and oxygen atoms in total. The quantitative estimate of drug-likeness (QED) is 0.647. The maximum Gasteiger partial charge on any atom is 0.306 e. The summed E-state index contributed by atoms with van der Waals surface area (Å²) in [5.41, 5.74) is 6.26. The average molecular weight is 394 g/mol. The molecule has 0 spiro atoms. The van der Waals surface area contributed by atoms with Gasteiger partial charge in [0, 0.05) is 29.6 Å². The summed E-state index contributed by atoms with van der Waals surface area (Å²) in [5.74, 6) is -0.781. The highest BCUT2D eigenvalue weighted by Crippen LogP contribution is 2.17. The van der Waals surface area contributed by atoms with Gasteiger partial charge in [0.1, 0.15) is 0 Å². The van der Waals surface area contributed by atoms with Crippen molar-refractivity contribution in [3.63, 3.8) is 0 Å². The number of benzene rings is 1. The van der Waals surface area contributed by atoms with Crippen LogP contribution in [0, 0.1) is 27.7 Å². The number of carbonyl (C=O) groups is 2. The number of nitrogens with zero attached hydrogens (tertiary/aromatic N) is 3. The molecule has 29 heavy (non-hydrogen) atoms. The number of anilines is 1. The van der Waals surface area contributed by atoms with Crippen LogP contribution in [0.2, 0.25) is 0 Å². The molecule has 3 rings (SSSR count). The summed E-state index contributed by atoms with van der Waals surface area (Å²) in [6.45, 7) is 9.35. The molecule has 0 aliphatic heterocycles. The van der Waals surface area contributed by atoms with E-state index in [-0.39, 0.29) is 12.3 Å². The van der Waals surface area contributed by atoms with Gasteiger partial charge in [0.15, 0.2) is 11.8 Å². The van der Waals surface area contributed by atoms with Crippen LogP contribution in [-0.4, -0.2) is 32.6 Å². The molecule has 2 aromatic heterocycles. The first-order valence-corrected chi connectivity index (χ1v) is 9.64. The van der Waals surface area contributed by atoms with Crippen molar-refractivity contribution >= 4 is 23.2 Å². The van der Waals surface area contributed by atoms with Crippen LogP contribution in [0.1, 0.15) is 41.6 Å². The number of esters is 1. The molecular weight excluding hydrogens is 368 g/mol. The number of amides is 1. The lowest BCUT2D eigenvalue weighted by molar-refractivity contribution is -0.153. The number of hydrogen-bond donors (Lipinski definition) is 1. The number of ether oxygens (including phenoxy) is 1. The smallest absolute Gasteiger partial charge is 0.306 e.